The van der Waals surface area contributed by atoms with Crippen molar-refractivity contribution < 1.29 is 4.79 Å². The number of carbonyl (C=O) groups is 1. The van der Waals surface area contributed by atoms with Gasteiger partial charge < -0.3 is 20.4 Å². The van der Waals surface area contributed by atoms with Gasteiger partial charge in [-0.25, -0.2) is 4.79 Å². The lowest BCUT2D eigenvalue weighted by Crippen LogP contribution is -2.46. The minimum Gasteiger partial charge on any atom is -0.367 e. The number of para-hydroxylation sites is 2. The normalized spacial score (nSPS) is 19.4. The number of urea groups is 1. The van der Waals surface area contributed by atoms with E-state index >= 15 is 0 Å². The zero-order valence-corrected chi connectivity index (χ0v) is 12.6. The standard InChI is InChI=1S/C16H24N4O/c1-2-19-9-11-20(12-10-19)15-6-4-3-5-14(15)18-16(21)17-13-7-8-13/h3-6,13H,2,7-12H2,1H3,(H2,17,18,21). The Kier molecular flexibility index (Phi) is 4.29. The number of rotatable bonds is 4. The SMILES string of the molecule is CCN1CCN(c2ccccc2NC(=O)NC2CC2)CC1. The second kappa shape index (κ2) is 6.35. The number of nitrogens with zero attached hydrogens (tertiary/aromatic N) is 2. The average molecular weight is 288 g/mol. The lowest BCUT2D eigenvalue weighted by molar-refractivity contribution is 0.251. The third kappa shape index (κ3) is 3.67. The molecule has 2 aliphatic rings. The van der Waals surface area contributed by atoms with Gasteiger partial charge in [0.05, 0.1) is 11.4 Å². The fraction of sp³-hybridized carbons (Fsp3) is 0.562. The van der Waals surface area contributed by atoms with Gasteiger partial charge in [-0.2, -0.15) is 0 Å². The van der Waals surface area contributed by atoms with Crippen molar-refractivity contribution in [2.45, 2.75) is 25.8 Å². The number of nitrogens with one attached hydrogen (secondary N) is 2. The van der Waals surface area contributed by atoms with Crippen LogP contribution in [0.3, 0.4) is 0 Å². The Morgan fingerprint density at radius 1 is 1.19 bits per heavy atom. The highest BCUT2D eigenvalue weighted by Crippen LogP contribution is 2.27. The molecule has 2 fully saturated rings. The van der Waals surface area contributed by atoms with E-state index in [-0.39, 0.29) is 6.03 Å². The highest BCUT2D eigenvalue weighted by molar-refractivity contribution is 5.93. The molecule has 21 heavy (non-hydrogen) atoms. The summed E-state index contributed by atoms with van der Waals surface area (Å²) in [6.45, 7) is 7.50. The summed E-state index contributed by atoms with van der Waals surface area (Å²) in [4.78, 5) is 16.8. The summed E-state index contributed by atoms with van der Waals surface area (Å²) in [5.74, 6) is 0. The first-order valence-corrected chi connectivity index (χ1v) is 7.90. The van der Waals surface area contributed by atoms with Gasteiger partial charge in [-0.3, -0.25) is 0 Å². The van der Waals surface area contributed by atoms with Gasteiger partial charge in [-0.15, -0.1) is 0 Å². The number of hydrogen-bond acceptors (Lipinski definition) is 3. The molecule has 0 bridgehead atoms. The highest BCUT2D eigenvalue weighted by Gasteiger charge is 2.24. The molecular formula is C16H24N4O. The first-order chi connectivity index (χ1) is 10.3. The van der Waals surface area contributed by atoms with Crippen LogP contribution >= 0.6 is 0 Å². The lowest BCUT2D eigenvalue weighted by Gasteiger charge is -2.36. The van der Waals surface area contributed by atoms with E-state index in [9.17, 15) is 4.79 Å². The fourth-order valence-corrected chi connectivity index (χ4v) is 2.73. The van der Waals surface area contributed by atoms with Gasteiger partial charge >= 0.3 is 6.03 Å². The van der Waals surface area contributed by atoms with Crippen LogP contribution in [0.5, 0.6) is 0 Å². The first kappa shape index (κ1) is 14.2. The van der Waals surface area contributed by atoms with Gasteiger partial charge in [0.15, 0.2) is 0 Å². The summed E-state index contributed by atoms with van der Waals surface area (Å²) in [5, 5.41) is 5.97. The number of hydrogen-bond donors (Lipinski definition) is 2. The predicted molar refractivity (Wildman–Crippen MR) is 85.9 cm³/mol. The molecule has 1 aliphatic carbocycles. The van der Waals surface area contributed by atoms with Crippen LogP contribution in [0.2, 0.25) is 0 Å². The molecule has 0 atom stereocenters. The van der Waals surface area contributed by atoms with Crippen LogP contribution in [0, 0.1) is 0 Å². The van der Waals surface area contributed by atoms with Gasteiger partial charge in [0.2, 0.25) is 0 Å². The van der Waals surface area contributed by atoms with Crippen LogP contribution in [-0.2, 0) is 0 Å². The van der Waals surface area contributed by atoms with E-state index in [2.05, 4.69) is 33.4 Å². The summed E-state index contributed by atoms with van der Waals surface area (Å²) >= 11 is 0. The Morgan fingerprint density at radius 3 is 2.57 bits per heavy atom. The molecule has 0 unspecified atom stereocenters. The Balaban J connectivity index is 1.65. The van der Waals surface area contributed by atoms with Crippen molar-refractivity contribution in [2.24, 2.45) is 0 Å². The zero-order valence-electron chi connectivity index (χ0n) is 12.6. The van der Waals surface area contributed by atoms with Crippen LogP contribution in [-0.4, -0.2) is 49.7 Å². The van der Waals surface area contributed by atoms with Gasteiger partial charge in [-0.05, 0) is 31.5 Å². The van der Waals surface area contributed by atoms with Gasteiger partial charge in [0.25, 0.3) is 0 Å². The van der Waals surface area contributed by atoms with Crippen molar-refractivity contribution in [2.75, 3.05) is 42.9 Å². The van der Waals surface area contributed by atoms with Gasteiger partial charge in [0, 0.05) is 32.2 Å². The molecule has 3 rings (SSSR count). The molecule has 1 aromatic rings. The van der Waals surface area contributed by atoms with Crippen molar-refractivity contribution in [1.82, 2.24) is 10.2 Å². The molecule has 1 heterocycles. The van der Waals surface area contributed by atoms with Crippen molar-refractivity contribution in [3.8, 4) is 0 Å². The van der Waals surface area contributed by atoms with Crippen molar-refractivity contribution >= 4 is 17.4 Å². The Bertz CT molecular complexity index is 493. The smallest absolute Gasteiger partial charge is 0.319 e. The molecule has 1 saturated carbocycles. The van der Waals surface area contributed by atoms with Crippen LogP contribution in [0.25, 0.3) is 0 Å². The molecule has 0 aromatic heterocycles. The number of benzene rings is 1. The molecule has 0 spiro atoms. The molecular weight excluding hydrogens is 264 g/mol. The lowest BCUT2D eigenvalue weighted by atomic mass is 10.2. The molecule has 2 N–H and O–H groups in total. The first-order valence-electron chi connectivity index (χ1n) is 7.90. The molecule has 114 valence electrons. The van der Waals surface area contributed by atoms with E-state index in [0.29, 0.717) is 6.04 Å². The van der Waals surface area contributed by atoms with Crippen LogP contribution < -0.4 is 15.5 Å². The number of amides is 2. The fourth-order valence-electron chi connectivity index (χ4n) is 2.73. The molecule has 1 saturated heterocycles. The van der Waals surface area contributed by atoms with Gasteiger partial charge in [-0.1, -0.05) is 19.1 Å². The largest absolute Gasteiger partial charge is 0.367 e. The maximum atomic E-state index is 11.9. The molecule has 5 heteroatoms. The minimum absolute atomic E-state index is 0.0860. The number of anilines is 2. The van der Waals surface area contributed by atoms with Crippen molar-refractivity contribution in [1.29, 1.82) is 0 Å². The number of carbonyl (C=O) groups excluding carboxylic acids is 1. The van der Waals surface area contributed by atoms with Crippen molar-refractivity contribution in [3.63, 3.8) is 0 Å². The van der Waals surface area contributed by atoms with Crippen molar-refractivity contribution in [3.05, 3.63) is 24.3 Å². The van der Waals surface area contributed by atoms with Crippen LogP contribution in [0.1, 0.15) is 19.8 Å². The molecule has 1 aromatic carbocycles. The van der Waals surface area contributed by atoms with E-state index in [1.165, 1.54) is 0 Å². The maximum absolute atomic E-state index is 11.9. The number of likely N-dealkylation sites (N-methyl/N-ethyl adjacent to an activating group) is 1. The average Bonchev–Trinajstić information content (AvgIpc) is 3.32. The minimum atomic E-state index is -0.0860. The molecule has 1 aliphatic heterocycles. The summed E-state index contributed by atoms with van der Waals surface area (Å²) in [5.41, 5.74) is 2.03. The highest BCUT2D eigenvalue weighted by atomic mass is 16.2. The van der Waals surface area contributed by atoms with Crippen LogP contribution in [0.15, 0.2) is 24.3 Å². The Hall–Kier alpha value is -1.75. The predicted octanol–water partition coefficient (Wildman–Crippen LogP) is 2.11. The van der Waals surface area contributed by atoms with E-state index in [1.807, 2.05) is 18.2 Å². The summed E-state index contributed by atoms with van der Waals surface area (Å²) < 4.78 is 0. The molecule has 2 amide bonds. The second-order valence-electron chi connectivity index (χ2n) is 5.81. The zero-order chi connectivity index (χ0) is 14.7. The monoisotopic (exact) mass is 288 g/mol. The summed E-state index contributed by atoms with van der Waals surface area (Å²) in [7, 11) is 0. The molecule has 0 radical (unpaired) electrons. The summed E-state index contributed by atoms with van der Waals surface area (Å²) in [6, 6.07) is 8.37. The number of piperazine rings is 1. The second-order valence-corrected chi connectivity index (χ2v) is 5.81. The molecule has 5 nitrogen and oxygen atoms in total. The van der Waals surface area contributed by atoms with Gasteiger partial charge in [0.1, 0.15) is 0 Å². The van der Waals surface area contributed by atoms with E-state index in [1.54, 1.807) is 0 Å². The summed E-state index contributed by atoms with van der Waals surface area (Å²) in [6.07, 6.45) is 2.21. The van der Waals surface area contributed by atoms with E-state index in [4.69, 9.17) is 0 Å². The van der Waals surface area contributed by atoms with Crippen LogP contribution in [0.4, 0.5) is 16.2 Å². The Labute approximate surface area is 126 Å². The topological polar surface area (TPSA) is 47.6 Å². The Morgan fingerprint density at radius 2 is 1.90 bits per heavy atom. The quantitative estimate of drug-likeness (QED) is 0.892. The third-order valence-electron chi connectivity index (χ3n) is 4.23. The third-order valence-corrected chi connectivity index (χ3v) is 4.23. The van der Waals surface area contributed by atoms with E-state index in [0.717, 1.165) is 56.9 Å². The maximum Gasteiger partial charge on any atom is 0.319 e. The van der Waals surface area contributed by atoms with E-state index < -0.39 is 0 Å².